The van der Waals surface area contributed by atoms with Crippen LogP contribution in [0.3, 0.4) is 0 Å². The lowest BCUT2D eigenvalue weighted by Crippen LogP contribution is -2.39. The number of halogens is 1. The maximum absolute atomic E-state index is 13.5. The zero-order valence-corrected chi connectivity index (χ0v) is 18.3. The second-order valence-electron chi connectivity index (χ2n) is 7.34. The Morgan fingerprint density at radius 3 is 2.67 bits per heavy atom. The van der Waals surface area contributed by atoms with Crippen molar-refractivity contribution in [3.8, 4) is 5.75 Å². The molecule has 0 saturated carbocycles. The molecule has 1 aromatic heterocycles. The molecule has 0 atom stereocenters. The Labute approximate surface area is 180 Å². The molecular formula is C22H23FN2O3S2. The summed E-state index contributed by atoms with van der Waals surface area (Å²) >= 11 is 1.58. The Hall–Kier alpha value is -2.45. The van der Waals surface area contributed by atoms with E-state index < -0.39 is 20.9 Å². The molecule has 0 unspecified atom stereocenters. The van der Waals surface area contributed by atoms with Crippen molar-refractivity contribution >= 4 is 26.3 Å². The Bertz CT molecular complexity index is 1120. The molecule has 0 radical (unpaired) electrons. The van der Waals surface area contributed by atoms with Gasteiger partial charge in [-0.2, -0.15) is 0 Å². The van der Waals surface area contributed by atoms with E-state index in [1.165, 1.54) is 18.2 Å². The van der Waals surface area contributed by atoms with Gasteiger partial charge in [0.2, 0.25) is 0 Å². The number of piperidine rings is 1. The number of benzene rings is 2. The fraction of sp³-hybridized carbons (Fsp3) is 0.318. The standard InChI is InChI=1S/C22H23FN2O3S2/c1-28-19-6-2-4-16(13-19)12-18-15-29-22(24-18)25-10-8-20(9-11-25)30(26,27)21-7-3-5-17(23)14-21/h2-7,13-15,20H,8-12H2,1H3. The summed E-state index contributed by atoms with van der Waals surface area (Å²) in [5.41, 5.74) is 2.11. The van der Waals surface area contributed by atoms with Crippen LogP contribution in [0.1, 0.15) is 24.1 Å². The van der Waals surface area contributed by atoms with Crippen molar-refractivity contribution in [1.82, 2.24) is 4.98 Å². The smallest absolute Gasteiger partial charge is 0.185 e. The van der Waals surface area contributed by atoms with Crippen LogP contribution in [-0.2, 0) is 16.3 Å². The largest absolute Gasteiger partial charge is 0.497 e. The summed E-state index contributed by atoms with van der Waals surface area (Å²) in [6.45, 7) is 1.23. The number of sulfone groups is 1. The van der Waals surface area contributed by atoms with Crippen molar-refractivity contribution < 1.29 is 17.5 Å². The summed E-state index contributed by atoms with van der Waals surface area (Å²) in [7, 11) is -1.88. The van der Waals surface area contributed by atoms with Crippen molar-refractivity contribution in [2.24, 2.45) is 0 Å². The van der Waals surface area contributed by atoms with E-state index in [1.54, 1.807) is 18.4 Å². The number of ether oxygens (including phenoxy) is 1. The van der Waals surface area contributed by atoms with Crippen LogP contribution in [0.25, 0.3) is 0 Å². The van der Waals surface area contributed by atoms with Gasteiger partial charge < -0.3 is 9.64 Å². The summed E-state index contributed by atoms with van der Waals surface area (Å²) < 4.78 is 44.4. The molecule has 2 aromatic carbocycles. The second-order valence-corrected chi connectivity index (χ2v) is 10.4. The molecule has 4 rings (SSSR count). The van der Waals surface area contributed by atoms with Crippen LogP contribution in [0.4, 0.5) is 9.52 Å². The topological polar surface area (TPSA) is 59.5 Å². The molecule has 1 aliphatic heterocycles. The predicted molar refractivity (Wildman–Crippen MR) is 117 cm³/mol. The van der Waals surface area contributed by atoms with E-state index in [-0.39, 0.29) is 4.90 Å². The number of methoxy groups -OCH3 is 1. The van der Waals surface area contributed by atoms with Gasteiger partial charge in [-0.3, -0.25) is 0 Å². The van der Waals surface area contributed by atoms with E-state index in [1.807, 2.05) is 29.6 Å². The highest BCUT2D eigenvalue weighted by Gasteiger charge is 2.32. The number of hydrogen-bond donors (Lipinski definition) is 0. The quantitative estimate of drug-likeness (QED) is 0.564. The lowest BCUT2D eigenvalue weighted by Gasteiger charge is -2.31. The zero-order valence-electron chi connectivity index (χ0n) is 16.6. The third-order valence-electron chi connectivity index (χ3n) is 5.33. The highest BCUT2D eigenvalue weighted by Crippen LogP contribution is 2.30. The van der Waals surface area contributed by atoms with Gasteiger partial charge in [-0.1, -0.05) is 18.2 Å². The summed E-state index contributed by atoms with van der Waals surface area (Å²) in [6, 6.07) is 13.2. The van der Waals surface area contributed by atoms with Gasteiger partial charge in [0.25, 0.3) is 0 Å². The second kappa shape index (κ2) is 8.73. The molecule has 30 heavy (non-hydrogen) atoms. The van der Waals surface area contributed by atoms with Gasteiger partial charge in [-0.05, 0) is 48.7 Å². The van der Waals surface area contributed by atoms with Crippen LogP contribution in [0.2, 0.25) is 0 Å². The molecule has 8 heteroatoms. The third kappa shape index (κ3) is 4.49. The molecule has 158 valence electrons. The molecule has 0 spiro atoms. The molecular weight excluding hydrogens is 423 g/mol. The maximum Gasteiger partial charge on any atom is 0.185 e. The number of rotatable bonds is 6. The van der Waals surface area contributed by atoms with Crippen LogP contribution in [0.15, 0.2) is 58.8 Å². The fourth-order valence-corrected chi connectivity index (χ4v) is 6.35. The zero-order chi connectivity index (χ0) is 21.1. The average molecular weight is 447 g/mol. The first-order valence-electron chi connectivity index (χ1n) is 9.77. The molecule has 2 heterocycles. The number of nitrogens with zero attached hydrogens (tertiary/aromatic N) is 2. The van der Waals surface area contributed by atoms with E-state index in [4.69, 9.17) is 9.72 Å². The first kappa shape index (κ1) is 20.8. The fourth-order valence-electron chi connectivity index (χ4n) is 3.71. The van der Waals surface area contributed by atoms with E-state index >= 15 is 0 Å². The number of anilines is 1. The molecule has 1 saturated heterocycles. The number of thiazole rings is 1. The van der Waals surface area contributed by atoms with Gasteiger partial charge in [0, 0.05) is 24.9 Å². The normalized spacial score (nSPS) is 15.3. The highest BCUT2D eigenvalue weighted by molar-refractivity contribution is 7.92. The van der Waals surface area contributed by atoms with E-state index in [0.29, 0.717) is 25.9 Å². The summed E-state index contributed by atoms with van der Waals surface area (Å²) in [6.07, 6.45) is 1.73. The third-order valence-corrected chi connectivity index (χ3v) is 8.55. The molecule has 1 fully saturated rings. The Balaban J connectivity index is 1.40. The van der Waals surface area contributed by atoms with Crippen LogP contribution < -0.4 is 9.64 Å². The lowest BCUT2D eigenvalue weighted by molar-refractivity contribution is 0.414. The van der Waals surface area contributed by atoms with E-state index in [9.17, 15) is 12.8 Å². The van der Waals surface area contributed by atoms with Crippen molar-refractivity contribution in [2.75, 3.05) is 25.1 Å². The molecule has 0 amide bonds. The first-order chi connectivity index (χ1) is 14.5. The molecule has 0 bridgehead atoms. The van der Waals surface area contributed by atoms with Crippen molar-refractivity contribution in [3.05, 3.63) is 71.0 Å². The predicted octanol–water partition coefficient (Wildman–Crippen LogP) is 4.32. The van der Waals surface area contributed by atoms with Crippen molar-refractivity contribution in [3.63, 3.8) is 0 Å². The lowest BCUT2D eigenvalue weighted by atomic mass is 10.1. The SMILES string of the molecule is COc1cccc(Cc2csc(N3CCC(S(=O)(=O)c4cccc(F)c4)CC3)n2)c1. The van der Waals surface area contributed by atoms with E-state index in [0.717, 1.165) is 34.6 Å². The van der Waals surface area contributed by atoms with Gasteiger partial charge in [0.15, 0.2) is 15.0 Å². The molecule has 5 nitrogen and oxygen atoms in total. The number of aromatic nitrogens is 1. The van der Waals surface area contributed by atoms with Gasteiger partial charge in [0.05, 0.1) is 22.9 Å². The summed E-state index contributed by atoms with van der Waals surface area (Å²) in [4.78, 5) is 6.95. The van der Waals surface area contributed by atoms with Crippen molar-refractivity contribution in [1.29, 1.82) is 0 Å². The monoisotopic (exact) mass is 446 g/mol. The average Bonchev–Trinajstić information content (AvgIpc) is 3.22. The van der Waals surface area contributed by atoms with Gasteiger partial charge >= 0.3 is 0 Å². The summed E-state index contributed by atoms with van der Waals surface area (Å²) in [5.74, 6) is 0.296. The Morgan fingerprint density at radius 2 is 1.93 bits per heavy atom. The van der Waals surface area contributed by atoms with Gasteiger partial charge in [-0.15, -0.1) is 11.3 Å². The maximum atomic E-state index is 13.5. The van der Waals surface area contributed by atoms with Crippen LogP contribution in [0, 0.1) is 5.82 Å². The van der Waals surface area contributed by atoms with E-state index in [2.05, 4.69) is 4.90 Å². The number of hydrogen-bond acceptors (Lipinski definition) is 6. The highest BCUT2D eigenvalue weighted by atomic mass is 32.2. The van der Waals surface area contributed by atoms with Gasteiger partial charge in [-0.25, -0.2) is 17.8 Å². The molecule has 1 aliphatic rings. The van der Waals surface area contributed by atoms with Crippen LogP contribution in [-0.4, -0.2) is 38.9 Å². The molecule has 3 aromatic rings. The van der Waals surface area contributed by atoms with Crippen molar-refractivity contribution in [2.45, 2.75) is 29.4 Å². The molecule has 0 aliphatic carbocycles. The Morgan fingerprint density at radius 1 is 1.17 bits per heavy atom. The minimum absolute atomic E-state index is 0.0655. The van der Waals surface area contributed by atoms with Crippen LogP contribution >= 0.6 is 11.3 Å². The molecule has 0 N–H and O–H groups in total. The summed E-state index contributed by atoms with van der Waals surface area (Å²) in [5, 5.41) is 2.46. The van der Waals surface area contributed by atoms with Gasteiger partial charge in [0.1, 0.15) is 11.6 Å². The minimum Gasteiger partial charge on any atom is -0.497 e. The minimum atomic E-state index is -3.53. The van der Waals surface area contributed by atoms with Crippen LogP contribution in [0.5, 0.6) is 5.75 Å². The Kier molecular flexibility index (Phi) is 6.06. The first-order valence-corrected chi connectivity index (χ1v) is 12.2.